The number of hydrogen-bond donors (Lipinski definition) is 3. The number of piperidine rings is 1. The second-order valence-corrected chi connectivity index (χ2v) is 4.69. The fourth-order valence-electron chi connectivity index (χ4n) is 2.07. The number of carbonyl (C=O) groups is 1. The number of nitrogens with zero attached hydrogens (tertiary/aromatic N) is 1. The zero-order valence-electron chi connectivity index (χ0n) is 10.1. The van der Waals surface area contributed by atoms with Crippen LogP contribution in [0.15, 0.2) is 0 Å². The van der Waals surface area contributed by atoms with E-state index in [9.17, 15) is 23.1 Å². The summed E-state index contributed by atoms with van der Waals surface area (Å²) in [4.78, 5) is 12.8. The molecule has 1 amide bonds. The number of nitrogens with two attached hydrogens (primary N) is 1. The maximum Gasteiger partial charge on any atom is 0.417 e. The first-order valence-electron chi connectivity index (χ1n) is 5.72. The van der Waals surface area contributed by atoms with Gasteiger partial charge in [-0.3, -0.25) is 15.1 Å². The van der Waals surface area contributed by atoms with Gasteiger partial charge in [-0.15, -0.1) is 0 Å². The van der Waals surface area contributed by atoms with E-state index in [1.165, 1.54) is 0 Å². The summed E-state index contributed by atoms with van der Waals surface area (Å²) in [6.07, 6.45) is -5.21. The van der Waals surface area contributed by atoms with Crippen LogP contribution in [0.2, 0.25) is 0 Å². The number of amides is 1. The van der Waals surface area contributed by atoms with E-state index >= 15 is 0 Å². The van der Waals surface area contributed by atoms with Gasteiger partial charge < -0.3 is 5.11 Å². The summed E-state index contributed by atoms with van der Waals surface area (Å²) < 4.78 is 37.7. The molecular weight excluding hydrogens is 251 g/mol. The molecule has 8 heteroatoms. The van der Waals surface area contributed by atoms with Crippen LogP contribution in [0.4, 0.5) is 13.2 Å². The Balaban J connectivity index is 2.51. The molecule has 0 aromatic rings. The van der Waals surface area contributed by atoms with Crippen molar-refractivity contribution in [2.24, 2.45) is 5.84 Å². The molecule has 1 rings (SSSR count). The van der Waals surface area contributed by atoms with Crippen molar-refractivity contribution in [1.82, 2.24) is 10.3 Å². The second kappa shape index (κ2) is 5.41. The third-order valence-corrected chi connectivity index (χ3v) is 3.42. The lowest BCUT2D eigenvalue weighted by atomic mass is 9.90. The fourth-order valence-corrected chi connectivity index (χ4v) is 2.07. The van der Waals surface area contributed by atoms with Crippen LogP contribution in [0.1, 0.15) is 26.2 Å². The van der Waals surface area contributed by atoms with Gasteiger partial charge in [0.15, 0.2) is 5.60 Å². The average Bonchev–Trinajstić information content (AvgIpc) is 2.28. The number of carbonyl (C=O) groups excluding carboxylic acids is 1. The Hall–Kier alpha value is -0.860. The number of rotatable bonds is 3. The molecule has 0 saturated carbocycles. The molecule has 1 aliphatic heterocycles. The van der Waals surface area contributed by atoms with Crippen molar-refractivity contribution in [3.05, 3.63) is 0 Å². The van der Waals surface area contributed by atoms with E-state index in [2.05, 4.69) is 0 Å². The van der Waals surface area contributed by atoms with Crippen molar-refractivity contribution in [1.29, 1.82) is 0 Å². The molecule has 0 aromatic carbocycles. The van der Waals surface area contributed by atoms with Gasteiger partial charge in [-0.05, 0) is 19.8 Å². The van der Waals surface area contributed by atoms with Crippen LogP contribution in [0.25, 0.3) is 0 Å². The number of nitrogens with one attached hydrogen (secondary N) is 1. The Morgan fingerprint density at radius 3 is 2.39 bits per heavy atom. The predicted octanol–water partition coefficient (Wildman–Crippen LogP) is 0.144. The highest BCUT2D eigenvalue weighted by atomic mass is 19.4. The SMILES string of the molecule is CC(CC(=O)NN)N1CCC(O)(C(F)(F)F)CC1. The summed E-state index contributed by atoms with van der Waals surface area (Å²) in [5, 5.41) is 9.48. The van der Waals surface area contributed by atoms with Crippen molar-refractivity contribution in [3.8, 4) is 0 Å². The molecule has 106 valence electrons. The molecule has 18 heavy (non-hydrogen) atoms. The third kappa shape index (κ3) is 3.33. The first-order chi connectivity index (χ1) is 8.19. The summed E-state index contributed by atoms with van der Waals surface area (Å²) in [6.45, 7) is 1.96. The molecular formula is C10H18F3N3O2. The summed E-state index contributed by atoms with van der Waals surface area (Å²) in [5.41, 5.74) is -0.617. The van der Waals surface area contributed by atoms with E-state index in [4.69, 9.17) is 5.84 Å². The molecule has 0 bridgehead atoms. The molecule has 1 saturated heterocycles. The lowest BCUT2D eigenvalue weighted by Gasteiger charge is -2.41. The Kier molecular flexibility index (Phi) is 4.57. The molecule has 0 radical (unpaired) electrons. The van der Waals surface area contributed by atoms with Crippen LogP contribution in [0.3, 0.4) is 0 Å². The summed E-state index contributed by atoms with van der Waals surface area (Å²) in [7, 11) is 0. The van der Waals surface area contributed by atoms with Crippen molar-refractivity contribution >= 4 is 5.91 Å². The van der Waals surface area contributed by atoms with Gasteiger partial charge in [0.25, 0.3) is 0 Å². The largest absolute Gasteiger partial charge is 0.417 e. The second-order valence-electron chi connectivity index (χ2n) is 4.69. The molecule has 0 aromatic heterocycles. The van der Waals surface area contributed by atoms with Gasteiger partial charge in [-0.2, -0.15) is 13.2 Å². The van der Waals surface area contributed by atoms with Gasteiger partial charge in [0, 0.05) is 25.6 Å². The zero-order valence-corrected chi connectivity index (χ0v) is 10.1. The van der Waals surface area contributed by atoms with Crippen LogP contribution < -0.4 is 11.3 Å². The maximum atomic E-state index is 12.6. The van der Waals surface area contributed by atoms with Crippen LogP contribution in [0, 0.1) is 0 Å². The molecule has 5 nitrogen and oxygen atoms in total. The van der Waals surface area contributed by atoms with Crippen molar-refractivity contribution < 1.29 is 23.1 Å². The first kappa shape index (κ1) is 15.2. The third-order valence-electron chi connectivity index (χ3n) is 3.42. The standard InChI is InChI=1S/C10H18F3N3O2/c1-7(6-8(17)15-14)16-4-2-9(18,3-5-16)10(11,12)13/h7,18H,2-6,14H2,1H3,(H,15,17). The van der Waals surface area contributed by atoms with E-state index in [1.807, 2.05) is 5.43 Å². The quantitative estimate of drug-likeness (QED) is 0.387. The highest BCUT2D eigenvalue weighted by Gasteiger charge is 2.54. The predicted molar refractivity (Wildman–Crippen MR) is 58.2 cm³/mol. The number of aliphatic hydroxyl groups is 1. The molecule has 1 heterocycles. The zero-order chi connectivity index (χ0) is 14.0. The average molecular weight is 269 g/mol. The van der Waals surface area contributed by atoms with Crippen LogP contribution in [-0.4, -0.2) is 46.8 Å². The van der Waals surface area contributed by atoms with E-state index < -0.39 is 11.8 Å². The highest BCUT2D eigenvalue weighted by Crippen LogP contribution is 2.38. The first-order valence-corrected chi connectivity index (χ1v) is 5.72. The van der Waals surface area contributed by atoms with Gasteiger partial charge in [-0.1, -0.05) is 0 Å². The van der Waals surface area contributed by atoms with Crippen molar-refractivity contribution in [2.45, 2.75) is 44.0 Å². The molecule has 0 aliphatic carbocycles. The maximum absolute atomic E-state index is 12.6. The topological polar surface area (TPSA) is 78.6 Å². The number of halogens is 3. The van der Waals surface area contributed by atoms with E-state index in [0.29, 0.717) is 0 Å². The highest BCUT2D eigenvalue weighted by molar-refractivity contribution is 5.75. The molecule has 1 unspecified atom stereocenters. The minimum atomic E-state index is -4.60. The minimum absolute atomic E-state index is 0.106. The minimum Gasteiger partial charge on any atom is -0.380 e. The number of hydrogen-bond acceptors (Lipinski definition) is 4. The van der Waals surface area contributed by atoms with Gasteiger partial charge in [0.1, 0.15) is 0 Å². The van der Waals surface area contributed by atoms with E-state index in [-0.39, 0.29) is 44.3 Å². The molecule has 4 N–H and O–H groups in total. The van der Waals surface area contributed by atoms with Gasteiger partial charge in [0.2, 0.25) is 5.91 Å². The van der Waals surface area contributed by atoms with Gasteiger partial charge >= 0.3 is 6.18 Å². The van der Waals surface area contributed by atoms with Crippen LogP contribution in [-0.2, 0) is 4.79 Å². The molecule has 1 aliphatic rings. The fraction of sp³-hybridized carbons (Fsp3) is 0.900. The van der Waals surface area contributed by atoms with Crippen molar-refractivity contribution in [2.75, 3.05) is 13.1 Å². The lowest BCUT2D eigenvalue weighted by Crippen LogP contribution is -2.55. The lowest BCUT2D eigenvalue weighted by molar-refractivity contribution is -0.273. The van der Waals surface area contributed by atoms with Gasteiger partial charge in [0.05, 0.1) is 0 Å². The van der Waals surface area contributed by atoms with E-state index in [0.717, 1.165) is 0 Å². The summed E-state index contributed by atoms with van der Waals surface area (Å²) >= 11 is 0. The Bertz CT molecular complexity index is 301. The smallest absolute Gasteiger partial charge is 0.380 e. The van der Waals surface area contributed by atoms with Crippen LogP contribution >= 0.6 is 0 Å². The normalized spacial score (nSPS) is 22.6. The number of alkyl halides is 3. The van der Waals surface area contributed by atoms with E-state index in [1.54, 1.807) is 11.8 Å². The number of hydrazine groups is 1. The number of likely N-dealkylation sites (tertiary alicyclic amines) is 1. The van der Waals surface area contributed by atoms with Gasteiger partial charge in [-0.25, -0.2) is 5.84 Å². The van der Waals surface area contributed by atoms with Crippen molar-refractivity contribution in [3.63, 3.8) is 0 Å². The summed E-state index contributed by atoms with van der Waals surface area (Å²) in [5.74, 6) is 4.58. The Morgan fingerprint density at radius 2 is 2.00 bits per heavy atom. The molecule has 0 spiro atoms. The molecule has 1 fully saturated rings. The van der Waals surface area contributed by atoms with Crippen LogP contribution in [0.5, 0.6) is 0 Å². The Labute approximate surface area is 103 Å². The monoisotopic (exact) mass is 269 g/mol. The summed E-state index contributed by atoms with van der Waals surface area (Å²) in [6, 6.07) is -0.202. The Morgan fingerprint density at radius 1 is 1.50 bits per heavy atom. The molecule has 1 atom stereocenters.